The predicted molar refractivity (Wildman–Crippen MR) is 105 cm³/mol. The van der Waals surface area contributed by atoms with Crippen LogP contribution in [0.5, 0.6) is 11.5 Å². The summed E-state index contributed by atoms with van der Waals surface area (Å²) < 4.78 is 11.2. The molecule has 0 aliphatic carbocycles. The third kappa shape index (κ3) is 4.17. The van der Waals surface area contributed by atoms with Crippen molar-refractivity contribution in [3.8, 4) is 22.8 Å². The molecule has 3 rings (SSSR count). The fourth-order valence-corrected chi connectivity index (χ4v) is 2.55. The van der Waals surface area contributed by atoms with Gasteiger partial charge < -0.3 is 14.8 Å². The minimum atomic E-state index is -0.827. The lowest BCUT2D eigenvalue weighted by molar-refractivity contribution is -0.119. The molecule has 0 spiro atoms. The SMILES string of the molecule is COc1ccc(NC(=O)[C@H](C)n2ncc(-c3ccc(OC)cc3)nc2=O)cc1. The van der Waals surface area contributed by atoms with Crippen LogP contribution in [0.3, 0.4) is 0 Å². The van der Waals surface area contributed by atoms with Gasteiger partial charge >= 0.3 is 5.69 Å². The zero-order valence-corrected chi connectivity index (χ0v) is 15.7. The van der Waals surface area contributed by atoms with Crippen LogP contribution < -0.4 is 20.5 Å². The zero-order chi connectivity index (χ0) is 20.1. The van der Waals surface area contributed by atoms with Crippen molar-refractivity contribution in [1.29, 1.82) is 0 Å². The number of benzene rings is 2. The Balaban J connectivity index is 1.76. The second-order valence-electron chi connectivity index (χ2n) is 5.99. The van der Waals surface area contributed by atoms with Crippen LogP contribution in [-0.2, 0) is 4.79 Å². The topological polar surface area (TPSA) is 95.3 Å². The summed E-state index contributed by atoms with van der Waals surface area (Å²) in [6, 6.07) is 13.2. The molecule has 28 heavy (non-hydrogen) atoms. The number of carbonyl (C=O) groups is 1. The fourth-order valence-electron chi connectivity index (χ4n) is 2.55. The van der Waals surface area contributed by atoms with E-state index in [4.69, 9.17) is 9.47 Å². The molecule has 0 saturated heterocycles. The van der Waals surface area contributed by atoms with E-state index in [9.17, 15) is 9.59 Å². The number of nitrogens with one attached hydrogen (secondary N) is 1. The molecule has 0 aliphatic rings. The molecule has 0 fully saturated rings. The van der Waals surface area contributed by atoms with Crippen LogP contribution in [-0.4, -0.2) is 34.9 Å². The van der Waals surface area contributed by atoms with E-state index in [1.54, 1.807) is 69.7 Å². The lowest BCUT2D eigenvalue weighted by Crippen LogP contribution is -2.34. The Morgan fingerprint density at radius 1 is 1.00 bits per heavy atom. The van der Waals surface area contributed by atoms with Gasteiger partial charge in [-0.15, -0.1) is 0 Å². The Morgan fingerprint density at radius 2 is 1.57 bits per heavy atom. The summed E-state index contributed by atoms with van der Waals surface area (Å²) >= 11 is 0. The monoisotopic (exact) mass is 380 g/mol. The Morgan fingerprint density at radius 3 is 2.11 bits per heavy atom. The van der Waals surface area contributed by atoms with E-state index in [-0.39, 0.29) is 5.91 Å². The lowest BCUT2D eigenvalue weighted by atomic mass is 10.1. The smallest absolute Gasteiger partial charge is 0.365 e. The molecule has 3 aromatic rings. The van der Waals surface area contributed by atoms with Crippen molar-refractivity contribution in [2.75, 3.05) is 19.5 Å². The molecular weight excluding hydrogens is 360 g/mol. The van der Waals surface area contributed by atoms with Crippen LogP contribution in [0, 0.1) is 0 Å². The van der Waals surface area contributed by atoms with Gasteiger partial charge in [-0.2, -0.15) is 10.1 Å². The zero-order valence-electron chi connectivity index (χ0n) is 15.7. The first-order valence-corrected chi connectivity index (χ1v) is 8.57. The lowest BCUT2D eigenvalue weighted by Gasteiger charge is -2.14. The third-order valence-corrected chi connectivity index (χ3v) is 4.21. The van der Waals surface area contributed by atoms with E-state index in [2.05, 4.69) is 15.4 Å². The molecule has 0 bridgehead atoms. The van der Waals surface area contributed by atoms with Gasteiger partial charge in [-0.25, -0.2) is 9.48 Å². The number of anilines is 1. The summed E-state index contributed by atoms with van der Waals surface area (Å²) in [5.74, 6) is 1.01. The van der Waals surface area contributed by atoms with Gasteiger partial charge in [0.05, 0.1) is 26.1 Å². The normalized spacial score (nSPS) is 11.5. The highest BCUT2D eigenvalue weighted by Gasteiger charge is 2.18. The molecule has 0 aliphatic heterocycles. The third-order valence-electron chi connectivity index (χ3n) is 4.21. The summed E-state index contributed by atoms with van der Waals surface area (Å²) in [6.45, 7) is 1.59. The van der Waals surface area contributed by atoms with Gasteiger partial charge in [0.1, 0.15) is 17.5 Å². The Labute approximate surface area is 161 Å². The highest BCUT2D eigenvalue weighted by Crippen LogP contribution is 2.19. The molecule has 1 heterocycles. The highest BCUT2D eigenvalue weighted by atomic mass is 16.5. The van der Waals surface area contributed by atoms with Crippen molar-refractivity contribution in [2.24, 2.45) is 0 Å². The minimum absolute atomic E-state index is 0.376. The summed E-state index contributed by atoms with van der Waals surface area (Å²) in [7, 11) is 3.14. The van der Waals surface area contributed by atoms with Crippen molar-refractivity contribution in [1.82, 2.24) is 14.8 Å². The number of aromatic nitrogens is 3. The summed E-state index contributed by atoms with van der Waals surface area (Å²) in [6.07, 6.45) is 1.46. The molecule has 2 aromatic carbocycles. The van der Waals surface area contributed by atoms with Gasteiger partial charge in [-0.3, -0.25) is 4.79 Å². The molecule has 0 saturated carbocycles. The molecular formula is C20H20N4O4. The molecule has 8 nitrogen and oxygen atoms in total. The number of carbonyl (C=O) groups excluding carboxylic acids is 1. The van der Waals surface area contributed by atoms with Crippen molar-refractivity contribution in [2.45, 2.75) is 13.0 Å². The number of methoxy groups -OCH3 is 2. The van der Waals surface area contributed by atoms with E-state index in [1.165, 1.54) is 6.20 Å². The van der Waals surface area contributed by atoms with Crippen molar-refractivity contribution < 1.29 is 14.3 Å². The van der Waals surface area contributed by atoms with Gasteiger partial charge in [-0.05, 0) is 55.5 Å². The maximum atomic E-state index is 12.5. The summed E-state index contributed by atoms with van der Waals surface area (Å²) in [5.41, 5.74) is 1.14. The van der Waals surface area contributed by atoms with Crippen molar-refractivity contribution in [3.05, 3.63) is 65.2 Å². The fraction of sp³-hybridized carbons (Fsp3) is 0.200. The van der Waals surface area contributed by atoms with E-state index >= 15 is 0 Å². The molecule has 0 unspecified atom stereocenters. The predicted octanol–water partition coefficient (Wildman–Crippen LogP) is 2.52. The van der Waals surface area contributed by atoms with E-state index in [0.717, 1.165) is 10.2 Å². The van der Waals surface area contributed by atoms with Crippen LogP contribution in [0.1, 0.15) is 13.0 Å². The number of nitrogens with zero attached hydrogens (tertiary/aromatic N) is 3. The molecule has 1 amide bonds. The summed E-state index contributed by atoms with van der Waals surface area (Å²) in [4.78, 5) is 28.9. The van der Waals surface area contributed by atoms with E-state index in [0.29, 0.717) is 22.9 Å². The quantitative estimate of drug-likeness (QED) is 0.706. The Bertz CT molecular complexity index is 1010. The van der Waals surface area contributed by atoms with Crippen molar-refractivity contribution >= 4 is 11.6 Å². The van der Waals surface area contributed by atoms with Gasteiger partial charge in [0.15, 0.2) is 0 Å². The molecule has 1 aromatic heterocycles. The van der Waals surface area contributed by atoms with Gasteiger partial charge in [-0.1, -0.05) is 0 Å². The van der Waals surface area contributed by atoms with Gasteiger partial charge in [0, 0.05) is 11.3 Å². The second kappa shape index (κ2) is 8.34. The second-order valence-corrected chi connectivity index (χ2v) is 5.99. The first-order chi connectivity index (χ1) is 13.5. The Kier molecular flexibility index (Phi) is 5.69. The Hall–Kier alpha value is -3.68. The molecule has 8 heteroatoms. The standard InChI is InChI=1S/C20H20N4O4/c1-13(19(25)22-15-6-10-17(28-3)11-7-15)24-20(26)23-18(12-21-24)14-4-8-16(27-2)9-5-14/h4-13H,1-3H3,(H,22,25)/t13-/m0/s1. The molecule has 144 valence electrons. The van der Waals surface area contributed by atoms with Crippen LogP contribution in [0.2, 0.25) is 0 Å². The minimum Gasteiger partial charge on any atom is -0.497 e. The van der Waals surface area contributed by atoms with Crippen LogP contribution in [0.4, 0.5) is 5.69 Å². The molecule has 1 atom stereocenters. The molecule has 1 N–H and O–H groups in total. The maximum Gasteiger partial charge on any atom is 0.365 e. The number of hydrogen-bond acceptors (Lipinski definition) is 6. The van der Waals surface area contributed by atoms with Crippen LogP contribution in [0.25, 0.3) is 11.3 Å². The number of rotatable bonds is 6. The average molecular weight is 380 g/mol. The van der Waals surface area contributed by atoms with Gasteiger partial charge in [0.25, 0.3) is 0 Å². The van der Waals surface area contributed by atoms with Crippen LogP contribution >= 0.6 is 0 Å². The average Bonchev–Trinajstić information content (AvgIpc) is 2.73. The largest absolute Gasteiger partial charge is 0.497 e. The highest BCUT2D eigenvalue weighted by molar-refractivity contribution is 5.93. The number of amides is 1. The number of hydrogen-bond donors (Lipinski definition) is 1. The van der Waals surface area contributed by atoms with Crippen molar-refractivity contribution in [3.63, 3.8) is 0 Å². The first-order valence-electron chi connectivity index (χ1n) is 8.57. The summed E-state index contributed by atoms with van der Waals surface area (Å²) in [5, 5.41) is 6.86. The van der Waals surface area contributed by atoms with E-state index < -0.39 is 11.7 Å². The van der Waals surface area contributed by atoms with E-state index in [1.807, 2.05) is 0 Å². The van der Waals surface area contributed by atoms with Gasteiger partial charge in [0.2, 0.25) is 5.91 Å². The molecule has 0 radical (unpaired) electrons. The number of ether oxygens (including phenoxy) is 2. The van der Waals surface area contributed by atoms with Crippen LogP contribution in [0.15, 0.2) is 59.5 Å². The maximum absolute atomic E-state index is 12.5. The first kappa shape index (κ1) is 19.1.